The van der Waals surface area contributed by atoms with Crippen LogP contribution in [0.2, 0.25) is 0 Å². The SMILES string of the molecule is COc1cc(-c2ccc3c(n2)CN(c2ccnc(C(C)(C)C#N)c2)C3=O)cnc1OC. The number of amides is 1. The first-order valence-electron chi connectivity index (χ1n) is 9.66. The topological polar surface area (TPSA) is 101 Å². The summed E-state index contributed by atoms with van der Waals surface area (Å²) < 4.78 is 10.5. The number of carbonyl (C=O) groups is 1. The van der Waals surface area contributed by atoms with Crippen LogP contribution in [-0.2, 0) is 12.0 Å². The first-order valence-corrected chi connectivity index (χ1v) is 9.66. The third-order valence-corrected chi connectivity index (χ3v) is 5.26. The lowest BCUT2D eigenvalue weighted by Crippen LogP contribution is -2.24. The Balaban J connectivity index is 1.67. The molecule has 0 aromatic carbocycles. The number of pyridine rings is 3. The predicted octanol–water partition coefficient (Wildman–Crippen LogP) is 3.52. The van der Waals surface area contributed by atoms with Gasteiger partial charge in [0.2, 0.25) is 0 Å². The fourth-order valence-corrected chi connectivity index (χ4v) is 3.41. The van der Waals surface area contributed by atoms with Gasteiger partial charge in [0.05, 0.1) is 54.9 Å². The van der Waals surface area contributed by atoms with E-state index in [0.29, 0.717) is 46.5 Å². The van der Waals surface area contributed by atoms with E-state index >= 15 is 0 Å². The van der Waals surface area contributed by atoms with Gasteiger partial charge in [-0.25, -0.2) is 4.98 Å². The lowest BCUT2D eigenvalue weighted by molar-refractivity contribution is 0.0996. The summed E-state index contributed by atoms with van der Waals surface area (Å²) in [7, 11) is 3.08. The van der Waals surface area contributed by atoms with E-state index in [1.54, 1.807) is 68.6 Å². The molecule has 0 fully saturated rings. The highest BCUT2D eigenvalue weighted by molar-refractivity contribution is 6.09. The van der Waals surface area contributed by atoms with Crippen molar-refractivity contribution in [1.29, 1.82) is 5.26 Å². The van der Waals surface area contributed by atoms with Crippen LogP contribution in [0, 0.1) is 11.3 Å². The quantitative estimate of drug-likeness (QED) is 0.628. The van der Waals surface area contributed by atoms with Crippen LogP contribution in [0.3, 0.4) is 0 Å². The van der Waals surface area contributed by atoms with Gasteiger partial charge < -0.3 is 14.4 Å². The van der Waals surface area contributed by atoms with E-state index in [-0.39, 0.29) is 5.91 Å². The first kappa shape index (κ1) is 20.3. The van der Waals surface area contributed by atoms with Crippen molar-refractivity contribution in [3.63, 3.8) is 0 Å². The van der Waals surface area contributed by atoms with Gasteiger partial charge in [-0.2, -0.15) is 5.26 Å². The molecule has 4 heterocycles. The van der Waals surface area contributed by atoms with Crippen LogP contribution in [-0.4, -0.2) is 35.1 Å². The number of hydrogen-bond acceptors (Lipinski definition) is 7. The van der Waals surface area contributed by atoms with E-state index in [1.807, 2.05) is 0 Å². The summed E-state index contributed by atoms with van der Waals surface area (Å²) in [5, 5.41) is 9.40. The molecule has 31 heavy (non-hydrogen) atoms. The molecule has 1 aliphatic heterocycles. The molecule has 8 nitrogen and oxygen atoms in total. The minimum atomic E-state index is -0.753. The zero-order valence-electron chi connectivity index (χ0n) is 17.7. The minimum Gasteiger partial charge on any atom is -0.491 e. The number of methoxy groups -OCH3 is 2. The Bertz CT molecular complexity index is 1220. The standard InChI is InChI=1S/C23H21N5O3/c1-23(2,13-24)20-10-15(7-8-25-20)28-12-18-16(22(28)29)5-6-17(27-18)14-9-19(30-3)21(31-4)26-11-14/h5-11H,12H2,1-4H3. The molecule has 1 amide bonds. The van der Waals surface area contributed by atoms with Crippen molar-refractivity contribution in [1.82, 2.24) is 15.0 Å². The molecule has 3 aromatic heterocycles. The fraction of sp³-hybridized carbons (Fsp3) is 0.261. The lowest BCUT2D eigenvalue weighted by Gasteiger charge is -2.19. The highest BCUT2D eigenvalue weighted by Crippen LogP contribution is 2.33. The van der Waals surface area contributed by atoms with Crippen LogP contribution in [0.4, 0.5) is 5.69 Å². The second kappa shape index (κ2) is 7.69. The third kappa shape index (κ3) is 3.55. The molecule has 0 spiro atoms. The fourth-order valence-electron chi connectivity index (χ4n) is 3.41. The van der Waals surface area contributed by atoms with Gasteiger partial charge in [0.1, 0.15) is 0 Å². The number of nitriles is 1. The number of aromatic nitrogens is 3. The summed E-state index contributed by atoms with van der Waals surface area (Å²) in [6.07, 6.45) is 3.28. The average Bonchev–Trinajstić information content (AvgIpc) is 3.14. The Morgan fingerprint density at radius 2 is 1.94 bits per heavy atom. The molecule has 156 valence electrons. The number of nitrogens with zero attached hydrogens (tertiary/aromatic N) is 5. The maximum absolute atomic E-state index is 13.0. The van der Waals surface area contributed by atoms with Crippen LogP contribution in [0.25, 0.3) is 11.3 Å². The van der Waals surface area contributed by atoms with Gasteiger partial charge in [-0.1, -0.05) is 0 Å². The number of ether oxygens (including phenoxy) is 2. The molecule has 0 N–H and O–H groups in total. The molecule has 4 rings (SSSR count). The number of hydrogen-bond donors (Lipinski definition) is 0. The Kier molecular flexibility index (Phi) is 5.03. The van der Waals surface area contributed by atoms with E-state index in [2.05, 4.69) is 16.0 Å². The van der Waals surface area contributed by atoms with Crippen LogP contribution < -0.4 is 14.4 Å². The van der Waals surface area contributed by atoms with Gasteiger partial charge >= 0.3 is 0 Å². The zero-order valence-corrected chi connectivity index (χ0v) is 17.7. The van der Waals surface area contributed by atoms with Crippen LogP contribution in [0.1, 0.15) is 35.6 Å². The molecule has 0 saturated carbocycles. The van der Waals surface area contributed by atoms with Gasteiger partial charge in [0.15, 0.2) is 5.75 Å². The predicted molar refractivity (Wildman–Crippen MR) is 114 cm³/mol. The van der Waals surface area contributed by atoms with Crippen LogP contribution >= 0.6 is 0 Å². The maximum Gasteiger partial charge on any atom is 0.260 e. The summed E-state index contributed by atoms with van der Waals surface area (Å²) >= 11 is 0. The number of rotatable bonds is 5. The molecular formula is C23H21N5O3. The minimum absolute atomic E-state index is 0.133. The molecule has 0 aliphatic carbocycles. The smallest absolute Gasteiger partial charge is 0.260 e. The summed E-state index contributed by atoms with van der Waals surface area (Å²) in [6, 6.07) is 11.2. The summed E-state index contributed by atoms with van der Waals surface area (Å²) in [6.45, 7) is 3.93. The van der Waals surface area contributed by atoms with E-state index < -0.39 is 5.41 Å². The number of anilines is 1. The van der Waals surface area contributed by atoms with Crippen molar-refractivity contribution in [2.75, 3.05) is 19.1 Å². The lowest BCUT2D eigenvalue weighted by atomic mass is 9.90. The molecule has 8 heteroatoms. The van der Waals surface area contributed by atoms with Crippen molar-refractivity contribution in [3.05, 3.63) is 59.7 Å². The van der Waals surface area contributed by atoms with Gasteiger partial charge in [0, 0.05) is 23.6 Å². The van der Waals surface area contributed by atoms with E-state index in [1.165, 1.54) is 7.11 Å². The van der Waals surface area contributed by atoms with Crippen molar-refractivity contribution >= 4 is 11.6 Å². The summed E-state index contributed by atoms with van der Waals surface area (Å²) in [5.41, 5.74) is 3.21. The summed E-state index contributed by atoms with van der Waals surface area (Å²) in [4.78, 5) is 27.9. The largest absolute Gasteiger partial charge is 0.491 e. The molecule has 0 saturated heterocycles. The van der Waals surface area contributed by atoms with Crippen molar-refractivity contribution in [2.24, 2.45) is 0 Å². The zero-order chi connectivity index (χ0) is 22.2. The highest BCUT2D eigenvalue weighted by atomic mass is 16.5. The summed E-state index contributed by atoms with van der Waals surface area (Å²) in [5.74, 6) is 0.762. The van der Waals surface area contributed by atoms with Crippen molar-refractivity contribution < 1.29 is 14.3 Å². The molecule has 0 unspecified atom stereocenters. The Morgan fingerprint density at radius 1 is 1.13 bits per heavy atom. The Labute approximate surface area is 180 Å². The van der Waals surface area contributed by atoms with E-state index in [9.17, 15) is 10.1 Å². The van der Waals surface area contributed by atoms with Gasteiger partial charge in [-0.15, -0.1) is 0 Å². The van der Waals surface area contributed by atoms with Gasteiger partial charge in [0.25, 0.3) is 11.8 Å². The van der Waals surface area contributed by atoms with Crippen molar-refractivity contribution in [2.45, 2.75) is 25.8 Å². The molecule has 1 aliphatic rings. The highest BCUT2D eigenvalue weighted by Gasteiger charge is 2.31. The van der Waals surface area contributed by atoms with Gasteiger partial charge in [-0.3, -0.25) is 14.8 Å². The monoisotopic (exact) mass is 415 g/mol. The maximum atomic E-state index is 13.0. The van der Waals surface area contributed by atoms with Crippen LogP contribution in [0.15, 0.2) is 42.7 Å². The second-order valence-corrected chi connectivity index (χ2v) is 7.65. The number of carbonyl (C=O) groups excluding carboxylic acids is 1. The van der Waals surface area contributed by atoms with Gasteiger partial charge in [-0.05, 0) is 44.2 Å². The van der Waals surface area contributed by atoms with E-state index in [0.717, 1.165) is 5.56 Å². The normalized spacial score (nSPS) is 13.0. The molecule has 3 aromatic rings. The van der Waals surface area contributed by atoms with E-state index in [4.69, 9.17) is 14.5 Å². The molecular weight excluding hydrogens is 394 g/mol. The average molecular weight is 415 g/mol. The van der Waals surface area contributed by atoms with Crippen LogP contribution in [0.5, 0.6) is 11.6 Å². The third-order valence-electron chi connectivity index (χ3n) is 5.26. The molecule has 0 bridgehead atoms. The Morgan fingerprint density at radius 3 is 2.65 bits per heavy atom. The first-order chi connectivity index (χ1) is 14.9. The Hall–Kier alpha value is -3.99. The van der Waals surface area contributed by atoms with Crippen molar-refractivity contribution in [3.8, 4) is 29.0 Å². The second-order valence-electron chi connectivity index (χ2n) is 7.65. The molecule has 0 atom stereocenters. The molecule has 0 radical (unpaired) electrons. The number of fused-ring (bicyclic) bond motifs is 1.